The second-order valence-corrected chi connectivity index (χ2v) is 10.2. The smallest absolute Gasteiger partial charge is 0.424 e. The van der Waals surface area contributed by atoms with Gasteiger partial charge in [0.1, 0.15) is 29.4 Å². The molecular weight excluding hydrogens is 560 g/mol. The SMILES string of the molecule is COc1cc(C(=O)NCC(O)(c2cc3c(c(-c4ccc(F)cc4)n2)OC[C@@]3(C)N)C(F)(F)F)cc2ccc(CO)nc12. The standard InChI is InChI=1S/C29H26F4N4O5/c1-27(34)14-42-25-20(27)11-22(37-24(25)15-3-6-18(30)7-4-15)28(40,29(31,32)33)13-35-26(39)17-9-16-5-8-19(12-38)36-23(16)21(10-17)41-2/h3-11,38,40H,12-14,34H2,1-2H3,(H,35,39)/t27-,28?/m1/s1. The number of hydrogen-bond donors (Lipinski definition) is 4. The highest BCUT2D eigenvalue weighted by Gasteiger charge is 2.57. The molecule has 1 aliphatic rings. The van der Waals surface area contributed by atoms with Crippen LogP contribution < -0.4 is 20.5 Å². The molecule has 5 rings (SSSR count). The summed E-state index contributed by atoms with van der Waals surface area (Å²) in [4.78, 5) is 21.5. The molecule has 5 N–H and O–H groups in total. The number of nitrogens with one attached hydrogen (secondary N) is 1. The van der Waals surface area contributed by atoms with Crippen LogP contribution in [0.1, 0.15) is 34.2 Å². The normalized spacial score (nSPS) is 17.8. The van der Waals surface area contributed by atoms with E-state index in [-0.39, 0.29) is 47.1 Å². The molecule has 2 aromatic heterocycles. The van der Waals surface area contributed by atoms with Gasteiger partial charge in [-0.15, -0.1) is 0 Å². The Bertz CT molecular complexity index is 1680. The molecule has 9 nitrogen and oxygen atoms in total. The van der Waals surface area contributed by atoms with Crippen LogP contribution in [0.15, 0.2) is 54.6 Å². The minimum atomic E-state index is -5.29. The van der Waals surface area contributed by atoms with Crippen LogP contribution in [0.4, 0.5) is 17.6 Å². The maximum absolute atomic E-state index is 14.6. The first kappa shape index (κ1) is 29.2. The first-order valence-electron chi connectivity index (χ1n) is 12.7. The molecule has 0 fully saturated rings. The van der Waals surface area contributed by atoms with Gasteiger partial charge in [-0.05, 0) is 55.5 Å². The fourth-order valence-corrected chi connectivity index (χ4v) is 4.68. The van der Waals surface area contributed by atoms with Crippen molar-refractivity contribution in [2.24, 2.45) is 5.73 Å². The number of amides is 1. The summed E-state index contributed by atoms with van der Waals surface area (Å²) in [5.74, 6) is -1.23. The lowest BCUT2D eigenvalue weighted by Gasteiger charge is -2.31. The number of benzene rings is 2. The topological polar surface area (TPSA) is 140 Å². The Morgan fingerprint density at radius 3 is 2.50 bits per heavy atom. The van der Waals surface area contributed by atoms with E-state index < -0.39 is 41.3 Å². The molecule has 220 valence electrons. The molecular formula is C29H26F4N4O5. The van der Waals surface area contributed by atoms with Crippen LogP contribution >= 0.6 is 0 Å². The van der Waals surface area contributed by atoms with Gasteiger partial charge in [0.15, 0.2) is 5.75 Å². The third-order valence-electron chi connectivity index (χ3n) is 7.08. The van der Waals surface area contributed by atoms with E-state index in [0.717, 1.165) is 18.2 Å². The summed E-state index contributed by atoms with van der Waals surface area (Å²) in [5, 5.41) is 23.1. The predicted molar refractivity (Wildman–Crippen MR) is 143 cm³/mol. The van der Waals surface area contributed by atoms with Gasteiger partial charge in [-0.1, -0.05) is 6.07 Å². The second kappa shape index (κ2) is 10.5. The number of rotatable bonds is 7. The van der Waals surface area contributed by atoms with Crippen molar-refractivity contribution in [2.75, 3.05) is 20.3 Å². The van der Waals surface area contributed by atoms with Crippen molar-refractivity contribution in [3.8, 4) is 22.8 Å². The fraction of sp³-hybridized carbons (Fsp3) is 0.276. The molecule has 2 atom stereocenters. The van der Waals surface area contributed by atoms with Gasteiger partial charge in [-0.3, -0.25) is 4.79 Å². The number of nitrogens with zero attached hydrogens (tertiary/aromatic N) is 2. The van der Waals surface area contributed by atoms with Crippen molar-refractivity contribution in [3.63, 3.8) is 0 Å². The van der Waals surface area contributed by atoms with Gasteiger partial charge >= 0.3 is 6.18 Å². The minimum Gasteiger partial charge on any atom is -0.494 e. The summed E-state index contributed by atoms with van der Waals surface area (Å²) in [6.07, 6.45) is -5.29. The first-order chi connectivity index (χ1) is 19.8. The van der Waals surface area contributed by atoms with Gasteiger partial charge in [0.25, 0.3) is 5.91 Å². The third kappa shape index (κ3) is 5.10. The number of aliphatic hydroxyl groups excluding tert-OH is 1. The van der Waals surface area contributed by atoms with E-state index in [1.165, 1.54) is 37.4 Å². The van der Waals surface area contributed by atoms with E-state index in [0.29, 0.717) is 16.6 Å². The number of nitrogens with two attached hydrogens (primary N) is 1. The molecule has 0 saturated carbocycles. The molecule has 0 aliphatic carbocycles. The van der Waals surface area contributed by atoms with Crippen LogP contribution in [0.3, 0.4) is 0 Å². The molecule has 13 heteroatoms. The summed E-state index contributed by atoms with van der Waals surface area (Å²) >= 11 is 0. The molecule has 1 amide bonds. The molecule has 1 unspecified atom stereocenters. The lowest BCUT2D eigenvalue weighted by Crippen LogP contribution is -2.51. The number of carbonyl (C=O) groups is 1. The van der Waals surface area contributed by atoms with Crippen molar-refractivity contribution < 1.29 is 42.0 Å². The van der Waals surface area contributed by atoms with E-state index in [1.807, 2.05) is 0 Å². The van der Waals surface area contributed by atoms with E-state index >= 15 is 0 Å². The Hall–Kier alpha value is -4.33. The predicted octanol–water partition coefficient (Wildman–Crippen LogP) is 3.68. The van der Waals surface area contributed by atoms with Crippen LogP contribution in [0.25, 0.3) is 22.2 Å². The van der Waals surface area contributed by atoms with Gasteiger partial charge in [-0.25, -0.2) is 14.4 Å². The largest absolute Gasteiger partial charge is 0.494 e. The zero-order valence-corrected chi connectivity index (χ0v) is 22.4. The van der Waals surface area contributed by atoms with E-state index in [9.17, 15) is 32.6 Å². The molecule has 42 heavy (non-hydrogen) atoms. The van der Waals surface area contributed by atoms with Crippen LogP contribution in [0.2, 0.25) is 0 Å². The van der Waals surface area contributed by atoms with Crippen molar-refractivity contribution in [1.82, 2.24) is 15.3 Å². The minimum absolute atomic E-state index is 0.0562. The quantitative estimate of drug-likeness (QED) is 0.241. The molecule has 3 heterocycles. The molecule has 0 radical (unpaired) electrons. The number of hydrogen-bond acceptors (Lipinski definition) is 8. The molecule has 0 bridgehead atoms. The van der Waals surface area contributed by atoms with Crippen molar-refractivity contribution in [2.45, 2.75) is 30.8 Å². The van der Waals surface area contributed by atoms with Gasteiger partial charge in [-0.2, -0.15) is 13.2 Å². The molecule has 0 spiro atoms. The van der Waals surface area contributed by atoms with Crippen LogP contribution in [-0.2, 0) is 17.7 Å². The zero-order chi connectivity index (χ0) is 30.4. The van der Waals surface area contributed by atoms with E-state index in [1.54, 1.807) is 13.0 Å². The maximum atomic E-state index is 14.6. The number of methoxy groups -OCH3 is 1. The van der Waals surface area contributed by atoms with E-state index in [2.05, 4.69) is 15.3 Å². The van der Waals surface area contributed by atoms with Gasteiger partial charge < -0.3 is 30.7 Å². The average molecular weight is 587 g/mol. The number of aromatic nitrogens is 2. The number of carbonyl (C=O) groups excluding carboxylic acids is 1. The third-order valence-corrected chi connectivity index (χ3v) is 7.08. The fourth-order valence-electron chi connectivity index (χ4n) is 4.68. The Balaban J connectivity index is 1.54. The summed E-state index contributed by atoms with van der Waals surface area (Å²) in [5.41, 5.74) is 1.57. The Morgan fingerprint density at radius 2 is 1.86 bits per heavy atom. The zero-order valence-electron chi connectivity index (χ0n) is 22.4. The number of aliphatic hydroxyl groups is 2. The van der Waals surface area contributed by atoms with E-state index in [4.69, 9.17) is 15.2 Å². The van der Waals surface area contributed by atoms with Gasteiger partial charge in [0, 0.05) is 22.1 Å². The summed E-state index contributed by atoms with van der Waals surface area (Å²) in [6, 6.07) is 11.7. The number of halogens is 4. The van der Waals surface area contributed by atoms with Crippen LogP contribution in [0.5, 0.6) is 11.5 Å². The highest BCUT2D eigenvalue weighted by atomic mass is 19.4. The van der Waals surface area contributed by atoms with Crippen molar-refractivity contribution in [3.05, 3.63) is 82.9 Å². The van der Waals surface area contributed by atoms with Crippen molar-refractivity contribution >= 4 is 16.8 Å². The highest BCUT2D eigenvalue weighted by molar-refractivity contribution is 6.00. The molecule has 2 aromatic carbocycles. The summed E-state index contributed by atoms with van der Waals surface area (Å²) in [6.45, 7) is -0.140. The molecule has 4 aromatic rings. The average Bonchev–Trinajstić information content (AvgIpc) is 3.28. The lowest BCUT2D eigenvalue weighted by molar-refractivity contribution is -0.265. The molecule has 0 saturated heterocycles. The summed E-state index contributed by atoms with van der Waals surface area (Å²) < 4.78 is 68.3. The second-order valence-electron chi connectivity index (χ2n) is 10.2. The maximum Gasteiger partial charge on any atom is 0.424 e. The van der Waals surface area contributed by atoms with Crippen LogP contribution in [0, 0.1) is 5.82 Å². The number of pyridine rings is 2. The highest BCUT2D eigenvalue weighted by Crippen LogP contribution is 2.46. The number of ether oxygens (including phenoxy) is 2. The monoisotopic (exact) mass is 586 g/mol. The van der Waals surface area contributed by atoms with Crippen LogP contribution in [-0.4, -0.2) is 52.5 Å². The first-order valence-corrected chi connectivity index (χ1v) is 12.7. The molecule has 1 aliphatic heterocycles. The van der Waals surface area contributed by atoms with Gasteiger partial charge in [0.05, 0.1) is 37.2 Å². The number of fused-ring (bicyclic) bond motifs is 2. The number of alkyl halides is 3. The Morgan fingerprint density at radius 1 is 1.14 bits per heavy atom. The Labute approximate surface area is 236 Å². The van der Waals surface area contributed by atoms with Crippen molar-refractivity contribution in [1.29, 1.82) is 0 Å². The van der Waals surface area contributed by atoms with Gasteiger partial charge in [0.2, 0.25) is 5.60 Å². The Kier molecular flexibility index (Phi) is 7.29. The summed E-state index contributed by atoms with van der Waals surface area (Å²) in [7, 11) is 1.33. The lowest BCUT2D eigenvalue weighted by atomic mass is 9.89.